The van der Waals surface area contributed by atoms with Gasteiger partial charge in [0, 0.05) is 75.6 Å². The molecule has 0 N–H and O–H groups in total. The zero-order chi connectivity index (χ0) is 42.6. The highest BCUT2D eigenvalue weighted by atomic mass is 32.2. The quantitative estimate of drug-likeness (QED) is 0.163. The molecule has 0 radical (unpaired) electrons. The topological polar surface area (TPSA) is 19.7 Å². The lowest BCUT2D eigenvalue weighted by atomic mass is 10.1. The molecule has 0 aliphatic rings. The molecular formula is C60H38N4S. The Labute approximate surface area is 378 Å². The van der Waals surface area contributed by atoms with Gasteiger partial charge in [0.15, 0.2) is 0 Å². The third-order valence-corrected chi connectivity index (χ3v) is 14.4. The van der Waals surface area contributed by atoms with Crippen molar-refractivity contribution in [3.8, 4) is 22.7 Å². The van der Waals surface area contributed by atoms with Crippen molar-refractivity contribution >= 4 is 99.0 Å². The lowest BCUT2D eigenvalue weighted by Gasteiger charge is -2.12. The molecule has 14 rings (SSSR count). The fraction of sp³-hybridized carbons (Fsp3) is 0. The molecule has 0 amide bonds. The molecule has 0 atom stereocenters. The van der Waals surface area contributed by atoms with Crippen molar-refractivity contribution in [2.75, 3.05) is 0 Å². The first kappa shape index (κ1) is 36.3. The summed E-state index contributed by atoms with van der Waals surface area (Å²) < 4.78 is 9.62. The maximum Gasteiger partial charge on any atom is 0.0542 e. The number of para-hydroxylation sites is 6. The van der Waals surface area contributed by atoms with Crippen LogP contribution in [0.5, 0.6) is 0 Å². The van der Waals surface area contributed by atoms with Crippen molar-refractivity contribution in [2.24, 2.45) is 0 Å². The second kappa shape index (κ2) is 14.1. The summed E-state index contributed by atoms with van der Waals surface area (Å²) in [5.41, 5.74) is 14.3. The second-order valence-corrected chi connectivity index (χ2v) is 18.1. The van der Waals surface area contributed by atoms with Crippen LogP contribution in [0.25, 0.3) is 110 Å². The Hall–Kier alpha value is -8.25. The van der Waals surface area contributed by atoms with Gasteiger partial charge >= 0.3 is 0 Å². The maximum atomic E-state index is 2.40. The van der Waals surface area contributed by atoms with E-state index in [1.54, 1.807) is 11.8 Å². The summed E-state index contributed by atoms with van der Waals surface area (Å²) >= 11 is 1.79. The summed E-state index contributed by atoms with van der Waals surface area (Å²) in [4.78, 5) is 2.40. The van der Waals surface area contributed by atoms with Gasteiger partial charge in [-0.25, -0.2) is 0 Å². The summed E-state index contributed by atoms with van der Waals surface area (Å²) in [5, 5.41) is 10.1. The first-order valence-electron chi connectivity index (χ1n) is 22.2. The lowest BCUT2D eigenvalue weighted by Crippen LogP contribution is -1.96. The van der Waals surface area contributed by atoms with E-state index in [-0.39, 0.29) is 0 Å². The average Bonchev–Trinajstić information content (AvgIpc) is 4.09. The number of nitrogens with zero attached hydrogens (tertiary/aromatic N) is 4. The SMILES string of the molecule is c1ccc2c(c1)c1ccccc1n2-c1ccc2c(c1)c1ccccc1n2-c1ccc(Sc2ccc(-n3c4ccccc4c4cc(-n5c6ccccc6c6ccccc65)ccc43)cc2)cc1. The lowest BCUT2D eigenvalue weighted by molar-refractivity contribution is 1.16. The Morgan fingerprint density at radius 3 is 0.738 bits per heavy atom. The fourth-order valence-corrected chi connectivity index (χ4v) is 11.4. The van der Waals surface area contributed by atoms with Crippen LogP contribution >= 0.6 is 11.8 Å². The third kappa shape index (κ3) is 5.46. The first-order chi connectivity index (χ1) is 32.2. The van der Waals surface area contributed by atoms with Crippen molar-refractivity contribution in [3.05, 3.63) is 231 Å². The third-order valence-electron chi connectivity index (χ3n) is 13.4. The molecule has 65 heavy (non-hydrogen) atoms. The fourth-order valence-electron chi connectivity index (χ4n) is 10.6. The van der Waals surface area contributed by atoms with Crippen molar-refractivity contribution in [3.63, 3.8) is 0 Å². The normalized spacial score (nSPS) is 12.1. The predicted octanol–water partition coefficient (Wildman–Crippen LogP) is 16.2. The molecule has 4 heterocycles. The first-order valence-corrected chi connectivity index (χ1v) is 23.0. The summed E-state index contributed by atoms with van der Waals surface area (Å²) in [5.74, 6) is 0. The summed E-state index contributed by atoms with van der Waals surface area (Å²) in [6.45, 7) is 0. The van der Waals surface area contributed by atoms with Crippen LogP contribution in [0.15, 0.2) is 240 Å². The monoisotopic (exact) mass is 846 g/mol. The second-order valence-electron chi connectivity index (χ2n) is 16.9. The largest absolute Gasteiger partial charge is 0.309 e. The van der Waals surface area contributed by atoms with Gasteiger partial charge < -0.3 is 18.3 Å². The number of aromatic nitrogens is 4. The molecule has 0 spiro atoms. The molecule has 0 unspecified atom stereocenters. The minimum Gasteiger partial charge on any atom is -0.309 e. The molecule has 0 bridgehead atoms. The Morgan fingerprint density at radius 1 is 0.200 bits per heavy atom. The van der Waals surface area contributed by atoms with Crippen LogP contribution in [0.2, 0.25) is 0 Å². The van der Waals surface area contributed by atoms with Crippen LogP contribution in [-0.4, -0.2) is 18.3 Å². The molecule has 0 saturated heterocycles. The maximum absolute atomic E-state index is 2.40. The molecular weight excluding hydrogens is 809 g/mol. The van der Waals surface area contributed by atoms with Crippen molar-refractivity contribution in [1.29, 1.82) is 0 Å². The Balaban J connectivity index is 0.791. The van der Waals surface area contributed by atoms with Gasteiger partial charge in [0.05, 0.1) is 44.1 Å². The van der Waals surface area contributed by atoms with E-state index in [2.05, 4.69) is 249 Å². The van der Waals surface area contributed by atoms with Gasteiger partial charge in [-0.1, -0.05) is 121 Å². The molecule has 0 aliphatic carbocycles. The van der Waals surface area contributed by atoms with Gasteiger partial charge in [-0.3, -0.25) is 0 Å². The number of hydrogen-bond acceptors (Lipinski definition) is 1. The molecule has 4 aromatic heterocycles. The van der Waals surface area contributed by atoms with Gasteiger partial charge in [-0.15, -0.1) is 0 Å². The van der Waals surface area contributed by atoms with Crippen LogP contribution < -0.4 is 0 Å². The highest BCUT2D eigenvalue weighted by Gasteiger charge is 2.18. The van der Waals surface area contributed by atoms with E-state index < -0.39 is 0 Å². The summed E-state index contributed by atoms with van der Waals surface area (Å²) in [6, 6.07) is 84.3. The predicted molar refractivity (Wildman–Crippen MR) is 274 cm³/mol. The smallest absolute Gasteiger partial charge is 0.0542 e. The Bertz CT molecular complexity index is 3820. The number of rotatable bonds is 6. The summed E-state index contributed by atoms with van der Waals surface area (Å²) in [7, 11) is 0. The van der Waals surface area contributed by atoms with E-state index in [0.717, 1.165) is 11.4 Å². The van der Waals surface area contributed by atoms with Crippen LogP contribution in [0.1, 0.15) is 0 Å². The molecule has 14 aromatic rings. The zero-order valence-electron chi connectivity index (χ0n) is 35.1. The van der Waals surface area contributed by atoms with E-state index in [9.17, 15) is 0 Å². The minimum atomic E-state index is 1.15. The summed E-state index contributed by atoms with van der Waals surface area (Å²) in [6.07, 6.45) is 0. The van der Waals surface area contributed by atoms with Crippen LogP contribution in [0.3, 0.4) is 0 Å². The Kier molecular flexibility index (Phi) is 7.88. The highest BCUT2D eigenvalue weighted by molar-refractivity contribution is 7.99. The van der Waals surface area contributed by atoms with Gasteiger partial charge in [0.25, 0.3) is 0 Å². The molecule has 0 saturated carbocycles. The molecule has 0 fully saturated rings. The van der Waals surface area contributed by atoms with E-state index in [1.807, 2.05) is 0 Å². The standard InChI is InChI=1S/C60H38N4S/c1-7-19-53-45(13-1)46-14-2-8-20-54(46)63(53)41-29-35-59-51(37-41)49-17-5-11-23-57(49)61(59)39-25-31-43(32-26-39)65-44-33-27-40(28-34-44)62-58-24-12-6-18-50(58)52-38-42(30-36-60(52)62)64-55-21-9-3-15-47(55)48-16-4-10-22-56(48)64/h1-38H. The van der Waals surface area contributed by atoms with Gasteiger partial charge in [0.2, 0.25) is 0 Å². The molecule has 304 valence electrons. The molecule has 5 heteroatoms. The van der Waals surface area contributed by atoms with E-state index in [0.29, 0.717) is 0 Å². The van der Waals surface area contributed by atoms with Crippen molar-refractivity contribution in [2.45, 2.75) is 9.79 Å². The number of fused-ring (bicyclic) bond motifs is 12. The number of hydrogen-bond donors (Lipinski definition) is 0. The van der Waals surface area contributed by atoms with Crippen LogP contribution in [0, 0.1) is 0 Å². The Morgan fingerprint density at radius 2 is 0.431 bits per heavy atom. The van der Waals surface area contributed by atoms with Crippen molar-refractivity contribution < 1.29 is 0 Å². The van der Waals surface area contributed by atoms with E-state index in [1.165, 1.54) is 108 Å². The highest BCUT2D eigenvalue weighted by Crippen LogP contribution is 2.40. The molecule has 10 aromatic carbocycles. The van der Waals surface area contributed by atoms with E-state index >= 15 is 0 Å². The van der Waals surface area contributed by atoms with Gasteiger partial charge in [-0.2, -0.15) is 0 Å². The van der Waals surface area contributed by atoms with E-state index in [4.69, 9.17) is 0 Å². The minimum absolute atomic E-state index is 1.15. The molecule has 4 nitrogen and oxygen atoms in total. The van der Waals surface area contributed by atoms with Gasteiger partial charge in [0.1, 0.15) is 0 Å². The average molecular weight is 847 g/mol. The van der Waals surface area contributed by atoms with Crippen molar-refractivity contribution in [1.82, 2.24) is 18.3 Å². The van der Waals surface area contributed by atoms with Gasteiger partial charge in [-0.05, 0) is 121 Å². The van der Waals surface area contributed by atoms with Crippen LogP contribution in [0.4, 0.5) is 0 Å². The molecule has 0 aliphatic heterocycles. The van der Waals surface area contributed by atoms with Crippen LogP contribution in [-0.2, 0) is 0 Å². The zero-order valence-corrected chi connectivity index (χ0v) is 36.0. The number of benzene rings is 10.